The summed E-state index contributed by atoms with van der Waals surface area (Å²) in [5.41, 5.74) is 1.14. The lowest BCUT2D eigenvalue weighted by atomic mass is 10.1. The first-order valence-corrected chi connectivity index (χ1v) is 7.79. The Morgan fingerprint density at radius 1 is 1.35 bits per heavy atom. The molecule has 1 fully saturated rings. The fraction of sp³-hybridized carbons (Fsp3) is 0.692. The van der Waals surface area contributed by atoms with Crippen LogP contribution < -0.4 is 0 Å². The van der Waals surface area contributed by atoms with Crippen molar-refractivity contribution in [1.82, 2.24) is 9.97 Å². The minimum Gasteiger partial charge on any atom is -0.230 e. The molecular formula is C13H19ClN2S. The third-order valence-electron chi connectivity index (χ3n) is 3.28. The SMILES string of the molecule is CCCc1c(Cl)ncnc1SCC1CCCC1. The van der Waals surface area contributed by atoms with Gasteiger partial charge in [0.05, 0.1) is 0 Å². The quantitative estimate of drug-likeness (QED) is 0.587. The Morgan fingerprint density at radius 3 is 2.82 bits per heavy atom. The van der Waals surface area contributed by atoms with Gasteiger partial charge in [-0.05, 0) is 25.2 Å². The molecule has 0 radical (unpaired) electrons. The molecule has 1 aromatic rings. The van der Waals surface area contributed by atoms with Crippen molar-refractivity contribution in [2.75, 3.05) is 5.75 Å². The molecule has 1 aromatic heterocycles. The van der Waals surface area contributed by atoms with Crippen LogP contribution in [0.1, 0.15) is 44.6 Å². The molecule has 0 spiro atoms. The van der Waals surface area contributed by atoms with Gasteiger partial charge in [-0.3, -0.25) is 0 Å². The average molecular weight is 271 g/mol. The highest BCUT2D eigenvalue weighted by molar-refractivity contribution is 7.99. The van der Waals surface area contributed by atoms with Crippen LogP contribution in [0.15, 0.2) is 11.4 Å². The highest BCUT2D eigenvalue weighted by Crippen LogP contribution is 2.32. The number of hydrogen-bond acceptors (Lipinski definition) is 3. The number of aromatic nitrogens is 2. The zero-order valence-corrected chi connectivity index (χ0v) is 11.9. The van der Waals surface area contributed by atoms with Crippen LogP contribution in [0, 0.1) is 5.92 Å². The topological polar surface area (TPSA) is 25.8 Å². The summed E-state index contributed by atoms with van der Waals surface area (Å²) in [5, 5.41) is 1.73. The molecule has 0 bridgehead atoms. The van der Waals surface area contributed by atoms with Gasteiger partial charge in [-0.1, -0.05) is 37.8 Å². The first-order chi connectivity index (χ1) is 8.31. The summed E-state index contributed by atoms with van der Waals surface area (Å²) in [6, 6.07) is 0. The van der Waals surface area contributed by atoms with Crippen LogP contribution in [-0.2, 0) is 6.42 Å². The van der Waals surface area contributed by atoms with Gasteiger partial charge in [0.25, 0.3) is 0 Å². The first-order valence-electron chi connectivity index (χ1n) is 6.43. The molecule has 2 rings (SSSR count). The van der Waals surface area contributed by atoms with Crippen LogP contribution in [0.5, 0.6) is 0 Å². The molecule has 1 saturated carbocycles. The lowest BCUT2D eigenvalue weighted by molar-refractivity contribution is 0.622. The molecule has 1 aliphatic rings. The minimum absolute atomic E-state index is 0.635. The van der Waals surface area contributed by atoms with Crippen molar-refractivity contribution in [2.45, 2.75) is 50.5 Å². The third-order valence-corrected chi connectivity index (χ3v) is 4.87. The van der Waals surface area contributed by atoms with Gasteiger partial charge in [0.15, 0.2) is 0 Å². The van der Waals surface area contributed by atoms with Gasteiger partial charge in [0, 0.05) is 11.3 Å². The normalized spacial score (nSPS) is 16.6. The van der Waals surface area contributed by atoms with E-state index in [9.17, 15) is 0 Å². The van der Waals surface area contributed by atoms with Crippen LogP contribution in [0.25, 0.3) is 0 Å². The van der Waals surface area contributed by atoms with Crippen LogP contribution in [0.3, 0.4) is 0 Å². The predicted molar refractivity (Wildman–Crippen MR) is 73.7 cm³/mol. The Hall–Kier alpha value is -0.280. The molecule has 94 valence electrons. The maximum absolute atomic E-state index is 6.14. The van der Waals surface area contributed by atoms with Gasteiger partial charge in [-0.2, -0.15) is 0 Å². The van der Waals surface area contributed by atoms with Crippen molar-refractivity contribution in [3.63, 3.8) is 0 Å². The monoisotopic (exact) mass is 270 g/mol. The van der Waals surface area contributed by atoms with Crippen LogP contribution >= 0.6 is 23.4 Å². The maximum atomic E-state index is 6.14. The van der Waals surface area contributed by atoms with E-state index in [1.54, 1.807) is 6.33 Å². The van der Waals surface area contributed by atoms with E-state index in [2.05, 4.69) is 16.9 Å². The summed E-state index contributed by atoms with van der Waals surface area (Å²) in [5.74, 6) is 2.06. The zero-order valence-electron chi connectivity index (χ0n) is 10.3. The Bertz CT molecular complexity index is 364. The van der Waals surface area contributed by atoms with Crippen molar-refractivity contribution < 1.29 is 0 Å². The van der Waals surface area contributed by atoms with Gasteiger partial charge in [-0.15, -0.1) is 11.8 Å². The summed E-state index contributed by atoms with van der Waals surface area (Å²) in [4.78, 5) is 8.47. The van der Waals surface area contributed by atoms with Crippen LogP contribution in [0.2, 0.25) is 5.15 Å². The summed E-state index contributed by atoms with van der Waals surface area (Å²) < 4.78 is 0. The lowest BCUT2D eigenvalue weighted by Gasteiger charge is -2.11. The molecule has 17 heavy (non-hydrogen) atoms. The molecule has 0 aromatic carbocycles. The molecular weight excluding hydrogens is 252 g/mol. The van der Waals surface area contributed by atoms with Crippen LogP contribution in [0.4, 0.5) is 0 Å². The molecule has 4 heteroatoms. The number of rotatable bonds is 5. The van der Waals surface area contributed by atoms with Gasteiger partial charge < -0.3 is 0 Å². The van der Waals surface area contributed by atoms with E-state index in [1.807, 2.05) is 11.8 Å². The summed E-state index contributed by atoms with van der Waals surface area (Å²) in [7, 11) is 0. The van der Waals surface area contributed by atoms with E-state index in [0.717, 1.165) is 29.3 Å². The Labute approximate surface area is 113 Å². The fourth-order valence-corrected chi connectivity index (χ4v) is 3.84. The number of nitrogens with zero attached hydrogens (tertiary/aromatic N) is 2. The average Bonchev–Trinajstić information content (AvgIpc) is 2.83. The van der Waals surface area contributed by atoms with E-state index < -0.39 is 0 Å². The van der Waals surface area contributed by atoms with E-state index in [4.69, 9.17) is 11.6 Å². The van der Waals surface area contributed by atoms with E-state index >= 15 is 0 Å². The van der Waals surface area contributed by atoms with Gasteiger partial charge >= 0.3 is 0 Å². The fourth-order valence-electron chi connectivity index (χ4n) is 2.33. The van der Waals surface area contributed by atoms with E-state index in [1.165, 1.54) is 31.4 Å². The maximum Gasteiger partial charge on any atom is 0.136 e. The van der Waals surface area contributed by atoms with Crippen molar-refractivity contribution >= 4 is 23.4 Å². The molecule has 0 amide bonds. The number of halogens is 1. The lowest BCUT2D eigenvalue weighted by Crippen LogP contribution is -2.00. The highest BCUT2D eigenvalue weighted by Gasteiger charge is 2.17. The molecule has 0 unspecified atom stereocenters. The Morgan fingerprint density at radius 2 is 2.12 bits per heavy atom. The second-order valence-electron chi connectivity index (χ2n) is 4.66. The smallest absolute Gasteiger partial charge is 0.136 e. The van der Waals surface area contributed by atoms with Gasteiger partial charge in [-0.25, -0.2) is 9.97 Å². The van der Waals surface area contributed by atoms with Gasteiger partial charge in [0.2, 0.25) is 0 Å². The molecule has 1 aliphatic carbocycles. The van der Waals surface area contributed by atoms with Crippen molar-refractivity contribution in [3.8, 4) is 0 Å². The standard InChI is InChI=1S/C13H19ClN2S/c1-2-5-11-12(14)15-9-16-13(11)17-8-10-6-3-4-7-10/h9-10H,2-8H2,1H3. The third kappa shape index (κ3) is 3.59. The summed E-state index contributed by atoms with van der Waals surface area (Å²) in [6.07, 6.45) is 9.22. The minimum atomic E-state index is 0.635. The van der Waals surface area contributed by atoms with Gasteiger partial charge in [0.1, 0.15) is 16.5 Å². The molecule has 0 aliphatic heterocycles. The molecule has 1 heterocycles. The second-order valence-corrected chi connectivity index (χ2v) is 6.03. The largest absolute Gasteiger partial charge is 0.230 e. The van der Waals surface area contributed by atoms with Crippen molar-refractivity contribution in [3.05, 3.63) is 17.0 Å². The molecule has 2 nitrogen and oxygen atoms in total. The van der Waals surface area contributed by atoms with E-state index in [0.29, 0.717) is 5.15 Å². The molecule has 0 atom stereocenters. The zero-order chi connectivity index (χ0) is 12.1. The van der Waals surface area contributed by atoms with Crippen molar-refractivity contribution in [2.24, 2.45) is 5.92 Å². The summed E-state index contributed by atoms with van der Waals surface area (Å²) in [6.45, 7) is 2.16. The Kier molecular flexibility index (Phi) is 5.11. The Balaban J connectivity index is 2.00. The summed E-state index contributed by atoms with van der Waals surface area (Å²) >= 11 is 8.00. The van der Waals surface area contributed by atoms with Crippen LogP contribution in [-0.4, -0.2) is 15.7 Å². The molecule has 0 N–H and O–H groups in total. The van der Waals surface area contributed by atoms with E-state index in [-0.39, 0.29) is 0 Å². The number of hydrogen-bond donors (Lipinski definition) is 0. The predicted octanol–water partition coefficient (Wildman–Crippen LogP) is 4.36. The second kappa shape index (κ2) is 6.60. The first kappa shape index (κ1) is 13.2. The molecule has 0 saturated heterocycles. The number of thioether (sulfide) groups is 1. The van der Waals surface area contributed by atoms with Crippen molar-refractivity contribution in [1.29, 1.82) is 0 Å². The highest BCUT2D eigenvalue weighted by atomic mass is 35.5.